The van der Waals surface area contributed by atoms with Crippen molar-refractivity contribution < 1.29 is 4.79 Å². The molecule has 4 heteroatoms. The summed E-state index contributed by atoms with van der Waals surface area (Å²) in [5.41, 5.74) is -0.0579. The Bertz CT molecular complexity index is 336. The predicted octanol–water partition coefficient (Wildman–Crippen LogP) is 2.49. The summed E-state index contributed by atoms with van der Waals surface area (Å²) in [6, 6.07) is 0.495. The normalized spacial score (nSPS) is 40.2. The lowest BCUT2D eigenvalue weighted by atomic mass is 9.67. The Balaban J connectivity index is 0.00000133. The third-order valence-corrected chi connectivity index (χ3v) is 5.39. The van der Waals surface area contributed by atoms with E-state index in [-0.39, 0.29) is 17.8 Å². The molecule has 1 aliphatic heterocycles. The van der Waals surface area contributed by atoms with Gasteiger partial charge in [-0.3, -0.25) is 4.79 Å². The van der Waals surface area contributed by atoms with Crippen molar-refractivity contribution in [3.05, 3.63) is 0 Å². The van der Waals surface area contributed by atoms with Gasteiger partial charge in [-0.25, -0.2) is 0 Å². The molecule has 4 atom stereocenters. The Morgan fingerprint density at radius 3 is 3.05 bits per heavy atom. The molecule has 1 heterocycles. The summed E-state index contributed by atoms with van der Waals surface area (Å²) < 4.78 is 0. The van der Waals surface area contributed by atoms with Crippen LogP contribution in [0, 0.1) is 17.3 Å². The maximum Gasteiger partial charge on any atom is 0.228 e. The molecule has 2 saturated carbocycles. The molecule has 0 spiro atoms. The van der Waals surface area contributed by atoms with Crippen molar-refractivity contribution in [2.24, 2.45) is 17.3 Å². The standard InChI is InChI=1S/C15H26N2O.ClH/c1-2-5-11-8-13(11)17-14(18)15-7-4-3-6-12(15)9-16-10-15;/h11-13,16H,2-10H2,1H3,(H,17,18);1H/t11?,12-,13?,15+;/m0./s1. The van der Waals surface area contributed by atoms with Crippen LogP contribution in [-0.2, 0) is 4.79 Å². The topological polar surface area (TPSA) is 41.1 Å². The number of carbonyl (C=O) groups excluding carboxylic acids is 1. The van der Waals surface area contributed by atoms with E-state index in [1.165, 1.54) is 38.5 Å². The summed E-state index contributed by atoms with van der Waals surface area (Å²) in [6.07, 6.45) is 8.61. The largest absolute Gasteiger partial charge is 0.353 e. The second kappa shape index (κ2) is 6.01. The van der Waals surface area contributed by atoms with Gasteiger partial charge in [0.2, 0.25) is 5.91 Å². The molecule has 3 fully saturated rings. The summed E-state index contributed by atoms with van der Waals surface area (Å²) in [5, 5.41) is 6.80. The number of hydrogen-bond acceptors (Lipinski definition) is 2. The van der Waals surface area contributed by atoms with Crippen molar-refractivity contribution in [1.82, 2.24) is 10.6 Å². The van der Waals surface area contributed by atoms with E-state index in [9.17, 15) is 4.79 Å². The lowest BCUT2D eigenvalue weighted by Crippen LogP contribution is -2.48. The highest BCUT2D eigenvalue weighted by Gasteiger charge is 2.51. The molecule has 0 aromatic heterocycles. The molecule has 2 unspecified atom stereocenters. The third-order valence-electron chi connectivity index (χ3n) is 5.39. The first kappa shape index (κ1) is 15.1. The average Bonchev–Trinajstić information content (AvgIpc) is 2.94. The molecule has 2 N–H and O–H groups in total. The van der Waals surface area contributed by atoms with E-state index < -0.39 is 0 Å². The Kier molecular flexibility index (Phi) is 4.78. The smallest absolute Gasteiger partial charge is 0.228 e. The van der Waals surface area contributed by atoms with Crippen LogP contribution in [0.4, 0.5) is 0 Å². The molecule has 0 aromatic carbocycles. The van der Waals surface area contributed by atoms with Gasteiger partial charge in [-0.15, -0.1) is 12.4 Å². The highest BCUT2D eigenvalue weighted by atomic mass is 35.5. The van der Waals surface area contributed by atoms with Gasteiger partial charge in [-0.05, 0) is 44.1 Å². The van der Waals surface area contributed by atoms with Crippen molar-refractivity contribution in [3.8, 4) is 0 Å². The summed E-state index contributed by atoms with van der Waals surface area (Å²) in [4.78, 5) is 12.7. The predicted molar refractivity (Wildman–Crippen MR) is 79.5 cm³/mol. The first-order valence-electron chi connectivity index (χ1n) is 7.78. The Morgan fingerprint density at radius 2 is 2.26 bits per heavy atom. The summed E-state index contributed by atoms with van der Waals surface area (Å²) in [7, 11) is 0. The molecule has 1 amide bonds. The summed E-state index contributed by atoms with van der Waals surface area (Å²) in [5.74, 6) is 1.72. The molecule has 110 valence electrons. The minimum Gasteiger partial charge on any atom is -0.353 e. The first-order valence-corrected chi connectivity index (χ1v) is 7.78. The van der Waals surface area contributed by atoms with Crippen molar-refractivity contribution in [1.29, 1.82) is 0 Å². The van der Waals surface area contributed by atoms with Gasteiger partial charge in [0.25, 0.3) is 0 Å². The molecule has 0 bridgehead atoms. The number of hydrogen-bond donors (Lipinski definition) is 2. The van der Waals surface area contributed by atoms with Gasteiger partial charge in [0.15, 0.2) is 0 Å². The minimum atomic E-state index is -0.0579. The number of halogens is 1. The second-order valence-corrected chi connectivity index (χ2v) is 6.59. The Morgan fingerprint density at radius 1 is 1.42 bits per heavy atom. The van der Waals surface area contributed by atoms with Gasteiger partial charge in [-0.1, -0.05) is 26.2 Å². The van der Waals surface area contributed by atoms with Crippen LogP contribution in [0.15, 0.2) is 0 Å². The van der Waals surface area contributed by atoms with Gasteiger partial charge in [0.05, 0.1) is 5.41 Å². The van der Waals surface area contributed by atoms with Crippen LogP contribution >= 0.6 is 12.4 Å². The summed E-state index contributed by atoms with van der Waals surface area (Å²) in [6.45, 7) is 4.19. The highest BCUT2D eigenvalue weighted by Crippen LogP contribution is 2.45. The fraction of sp³-hybridized carbons (Fsp3) is 0.933. The van der Waals surface area contributed by atoms with Crippen molar-refractivity contribution in [3.63, 3.8) is 0 Å². The number of carbonyl (C=O) groups is 1. The van der Waals surface area contributed by atoms with Gasteiger partial charge < -0.3 is 10.6 Å². The van der Waals surface area contributed by atoms with E-state index in [0.717, 1.165) is 25.4 Å². The first-order chi connectivity index (χ1) is 8.76. The van der Waals surface area contributed by atoms with Crippen molar-refractivity contribution in [2.75, 3.05) is 13.1 Å². The zero-order valence-corrected chi connectivity index (χ0v) is 12.7. The van der Waals surface area contributed by atoms with E-state index in [4.69, 9.17) is 0 Å². The average molecular weight is 287 g/mol. The minimum absolute atomic E-state index is 0. The number of nitrogens with one attached hydrogen (secondary N) is 2. The molecule has 0 aromatic rings. The maximum atomic E-state index is 12.7. The Labute approximate surface area is 122 Å². The molecular formula is C15H27ClN2O. The number of rotatable bonds is 4. The molecule has 1 saturated heterocycles. The molecule has 3 nitrogen and oxygen atoms in total. The molecule has 2 aliphatic carbocycles. The van der Waals surface area contributed by atoms with Crippen molar-refractivity contribution in [2.45, 2.75) is 57.9 Å². The van der Waals surface area contributed by atoms with Crippen LogP contribution in [0.2, 0.25) is 0 Å². The molecular weight excluding hydrogens is 260 g/mol. The van der Waals surface area contributed by atoms with Crippen LogP contribution in [0.5, 0.6) is 0 Å². The lowest BCUT2D eigenvalue weighted by Gasteiger charge is -2.37. The van der Waals surface area contributed by atoms with Gasteiger partial charge >= 0.3 is 0 Å². The quantitative estimate of drug-likeness (QED) is 0.834. The fourth-order valence-electron chi connectivity index (χ4n) is 4.12. The molecule has 0 radical (unpaired) electrons. The maximum absolute atomic E-state index is 12.7. The van der Waals surface area contributed by atoms with Crippen LogP contribution in [-0.4, -0.2) is 25.0 Å². The zero-order valence-electron chi connectivity index (χ0n) is 11.9. The van der Waals surface area contributed by atoms with E-state index in [1.54, 1.807) is 0 Å². The van der Waals surface area contributed by atoms with Gasteiger partial charge in [0, 0.05) is 12.6 Å². The molecule has 3 rings (SSSR count). The van der Waals surface area contributed by atoms with Crippen molar-refractivity contribution >= 4 is 18.3 Å². The fourth-order valence-corrected chi connectivity index (χ4v) is 4.12. The van der Waals surface area contributed by atoms with Crippen LogP contribution in [0.3, 0.4) is 0 Å². The van der Waals surface area contributed by atoms with E-state index in [2.05, 4.69) is 17.6 Å². The molecule has 3 aliphatic rings. The van der Waals surface area contributed by atoms with E-state index in [1.807, 2.05) is 0 Å². The Hall–Kier alpha value is -0.280. The van der Waals surface area contributed by atoms with Crippen LogP contribution in [0.25, 0.3) is 0 Å². The lowest BCUT2D eigenvalue weighted by molar-refractivity contribution is -0.134. The molecule has 19 heavy (non-hydrogen) atoms. The number of amides is 1. The summed E-state index contributed by atoms with van der Waals surface area (Å²) >= 11 is 0. The zero-order chi connectivity index (χ0) is 12.6. The van der Waals surface area contributed by atoms with E-state index in [0.29, 0.717) is 17.9 Å². The SMILES string of the molecule is CCCC1CC1NC(=O)[C@@]12CCCC[C@H]1CNC2.Cl. The van der Waals surface area contributed by atoms with Crippen LogP contribution in [0.1, 0.15) is 51.9 Å². The highest BCUT2D eigenvalue weighted by molar-refractivity contribution is 5.85. The second-order valence-electron chi connectivity index (χ2n) is 6.59. The van der Waals surface area contributed by atoms with Gasteiger partial charge in [0.1, 0.15) is 0 Å². The van der Waals surface area contributed by atoms with Crippen LogP contribution < -0.4 is 10.6 Å². The number of fused-ring (bicyclic) bond motifs is 1. The third kappa shape index (κ3) is 2.78. The monoisotopic (exact) mass is 286 g/mol. The van der Waals surface area contributed by atoms with E-state index >= 15 is 0 Å². The van der Waals surface area contributed by atoms with Gasteiger partial charge in [-0.2, -0.15) is 0 Å².